The van der Waals surface area contributed by atoms with Gasteiger partial charge < -0.3 is 9.46 Å². The Kier molecular flexibility index (Phi) is 7.37. The number of benzene rings is 2. The van der Waals surface area contributed by atoms with Crippen molar-refractivity contribution in [3.05, 3.63) is 68.8 Å². The van der Waals surface area contributed by atoms with Crippen molar-refractivity contribution in [2.75, 3.05) is 0 Å². The monoisotopic (exact) mass is 380 g/mol. The molecule has 0 spiro atoms. The van der Waals surface area contributed by atoms with Gasteiger partial charge in [-0.3, -0.25) is 9.59 Å². The third-order valence-electron chi connectivity index (χ3n) is 4.32. The first-order valence-electron chi connectivity index (χ1n) is 8.03. The van der Waals surface area contributed by atoms with Crippen LogP contribution in [-0.4, -0.2) is 11.0 Å². The van der Waals surface area contributed by atoms with Crippen molar-refractivity contribution in [2.24, 2.45) is 0 Å². The van der Waals surface area contributed by atoms with Crippen LogP contribution < -0.4 is 34.5 Å². The van der Waals surface area contributed by atoms with E-state index < -0.39 is 18.4 Å². The zero-order valence-electron chi connectivity index (χ0n) is 16.4. The minimum absolute atomic E-state index is 0. The minimum Gasteiger partial charge on any atom is -0.788 e. The molecule has 0 radical (unpaired) electrons. The van der Waals surface area contributed by atoms with Gasteiger partial charge in [0.15, 0.2) is 7.37 Å². The average Bonchev–Trinajstić information content (AvgIpc) is 2.44. The fraction of sp³-hybridized carbons (Fsp3) is 0.300. The van der Waals surface area contributed by atoms with Crippen LogP contribution in [0.4, 0.5) is 0 Å². The van der Waals surface area contributed by atoms with Crippen molar-refractivity contribution in [1.29, 1.82) is 0 Å². The van der Waals surface area contributed by atoms with Crippen LogP contribution in [-0.2, 0) is 4.57 Å². The van der Waals surface area contributed by atoms with Crippen LogP contribution in [0.5, 0.6) is 0 Å². The van der Waals surface area contributed by atoms with E-state index in [9.17, 15) is 19.0 Å². The predicted molar refractivity (Wildman–Crippen MR) is 97.6 cm³/mol. The van der Waals surface area contributed by atoms with Crippen molar-refractivity contribution in [3.63, 3.8) is 0 Å². The van der Waals surface area contributed by atoms with Gasteiger partial charge in [-0.1, -0.05) is 35.4 Å². The largest absolute Gasteiger partial charge is 1.00 e. The Morgan fingerprint density at radius 3 is 1.15 bits per heavy atom. The van der Waals surface area contributed by atoms with Gasteiger partial charge in [-0.15, -0.1) is 0 Å². The summed E-state index contributed by atoms with van der Waals surface area (Å²) in [6.45, 7) is 10.5. The SMILES string of the molecule is Cc1cc(C)c(C(=O)P(=O)([O-])C(=O)c2c(C)cc(C)cc2C)c(C)c1.[Na+]. The maximum absolute atomic E-state index is 12.7. The molecule has 0 saturated heterocycles. The molecule has 0 amide bonds. The molecule has 2 aromatic rings. The molecule has 0 aliphatic heterocycles. The van der Waals surface area contributed by atoms with Crippen LogP contribution in [0, 0.1) is 41.5 Å². The summed E-state index contributed by atoms with van der Waals surface area (Å²) in [5, 5.41) is 0. The third kappa shape index (κ3) is 4.27. The fourth-order valence-corrected chi connectivity index (χ4v) is 4.90. The van der Waals surface area contributed by atoms with Gasteiger partial charge in [-0.2, -0.15) is 0 Å². The first kappa shape index (κ1) is 23.0. The summed E-state index contributed by atoms with van der Waals surface area (Å²) in [6, 6.07) is 6.97. The van der Waals surface area contributed by atoms with Gasteiger partial charge in [-0.25, -0.2) is 0 Å². The van der Waals surface area contributed by atoms with Crippen molar-refractivity contribution >= 4 is 18.4 Å². The molecule has 0 heterocycles. The van der Waals surface area contributed by atoms with Gasteiger partial charge in [0.25, 0.3) is 0 Å². The Hall–Kier alpha value is -1.03. The molecular weight excluding hydrogens is 358 g/mol. The number of carbonyl (C=O) groups excluding carboxylic acids is 2. The zero-order valence-corrected chi connectivity index (χ0v) is 19.3. The van der Waals surface area contributed by atoms with Crippen LogP contribution in [0.3, 0.4) is 0 Å². The van der Waals surface area contributed by atoms with E-state index in [-0.39, 0.29) is 40.7 Å². The molecule has 4 nitrogen and oxygen atoms in total. The fourth-order valence-electron chi connectivity index (χ4n) is 3.42. The molecule has 0 unspecified atom stereocenters. The smallest absolute Gasteiger partial charge is 0.788 e. The number of hydrogen-bond donors (Lipinski definition) is 0. The van der Waals surface area contributed by atoms with Gasteiger partial charge >= 0.3 is 29.6 Å². The summed E-state index contributed by atoms with van der Waals surface area (Å²) in [5.74, 6) is 0. The quantitative estimate of drug-likeness (QED) is 0.589. The van der Waals surface area contributed by atoms with Gasteiger partial charge in [0.1, 0.15) is 0 Å². The Morgan fingerprint density at radius 2 is 0.923 bits per heavy atom. The maximum atomic E-state index is 12.7. The van der Waals surface area contributed by atoms with Gasteiger partial charge in [0.2, 0.25) is 11.0 Å². The Balaban J connectivity index is 0.00000338. The van der Waals surface area contributed by atoms with E-state index in [1.165, 1.54) is 0 Å². The zero-order chi connectivity index (χ0) is 19.1. The molecule has 0 bridgehead atoms. The second-order valence-corrected chi connectivity index (χ2v) is 8.62. The van der Waals surface area contributed by atoms with E-state index in [2.05, 4.69) is 0 Å². The summed E-state index contributed by atoms with van der Waals surface area (Å²) >= 11 is 0. The van der Waals surface area contributed by atoms with Gasteiger partial charge in [0.05, 0.1) is 0 Å². The number of hydrogen-bond acceptors (Lipinski definition) is 4. The molecule has 0 fully saturated rings. The molecule has 0 saturated carbocycles. The molecule has 0 aliphatic carbocycles. The molecule has 2 rings (SSSR count). The molecule has 0 aromatic heterocycles. The van der Waals surface area contributed by atoms with Crippen molar-refractivity contribution in [2.45, 2.75) is 41.5 Å². The second-order valence-electron chi connectivity index (χ2n) is 6.71. The minimum atomic E-state index is -4.98. The standard InChI is InChI=1S/C20H23O4P.Na/c1-11-7-13(3)17(14(4)8-11)19(21)25(23,24)20(22)18-15(5)9-12(2)10-16(18)6;/h7-10H,1-6H3,(H,23,24);/q;+1/p-1. The average molecular weight is 380 g/mol. The van der Waals surface area contributed by atoms with E-state index in [0.29, 0.717) is 22.3 Å². The van der Waals surface area contributed by atoms with E-state index in [1.54, 1.807) is 52.0 Å². The van der Waals surface area contributed by atoms with Crippen LogP contribution in [0.15, 0.2) is 24.3 Å². The second kappa shape index (κ2) is 8.33. The Labute approximate surface area is 176 Å². The van der Waals surface area contributed by atoms with E-state index >= 15 is 0 Å². The van der Waals surface area contributed by atoms with Crippen molar-refractivity contribution in [3.8, 4) is 0 Å². The van der Waals surface area contributed by atoms with E-state index in [4.69, 9.17) is 0 Å². The van der Waals surface area contributed by atoms with Crippen molar-refractivity contribution in [1.82, 2.24) is 0 Å². The van der Waals surface area contributed by atoms with Crippen LogP contribution >= 0.6 is 7.37 Å². The Morgan fingerprint density at radius 1 is 0.692 bits per heavy atom. The molecule has 6 heteroatoms. The summed E-state index contributed by atoms with van der Waals surface area (Å²) in [7, 11) is -4.98. The van der Waals surface area contributed by atoms with Crippen LogP contribution in [0.25, 0.3) is 0 Å². The summed E-state index contributed by atoms with van der Waals surface area (Å²) in [4.78, 5) is 38.2. The summed E-state index contributed by atoms with van der Waals surface area (Å²) in [5.41, 5.74) is 2.09. The van der Waals surface area contributed by atoms with Crippen LogP contribution in [0.1, 0.15) is 54.1 Å². The number of carbonyl (C=O) groups is 2. The molecule has 0 atom stereocenters. The van der Waals surface area contributed by atoms with Gasteiger partial charge in [-0.05, 0) is 63.8 Å². The first-order valence-corrected chi connectivity index (χ1v) is 9.65. The number of aryl methyl sites for hydroxylation is 6. The molecule has 0 N–H and O–H groups in total. The Bertz CT molecular complexity index is 827. The molecule has 0 aliphatic rings. The topological polar surface area (TPSA) is 74.3 Å². The molecule has 26 heavy (non-hydrogen) atoms. The van der Waals surface area contributed by atoms with Gasteiger partial charge in [0, 0.05) is 11.1 Å². The van der Waals surface area contributed by atoms with E-state index in [1.807, 2.05) is 13.8 Å². The molecular formula is C20H22NaO4P. The van der Waals surface area contributed by atoms with Crippen LogP contribution in [0.2, 0.25) is 0 Å². The third-order valence-corrected chi connectivity index (χ3v) is 5.83. The normalized spacial score (nSPS) is 11.0. The van der Waals surface area contributed by atoms with Crippen molar-refractivity contribution < 1.29 is 48.6 Å². The summed E-state index contributed by atoms with van der Waals surface area (Å²) < 4.78 is 12.7. The number of rotatable bonds is 4. The molecule has 132 valence electrons. The summed E-state index contributed by atoms with van der Waals surface area (Å²) in [6.07, 6.45) is 0. The maximum Gasteiger partial charge on any atom is 1.00 e. The predicted octanol–water partition coefficient (Wildman–Crippen LogP) is 1.16. The first-order chi connectivity index (χ1) is 11.5. The van der Waals surface area contributed by atoms with E-state index in [0.717, 1.165) is 11.1 Å². The molecule has 2 aromatic carbocycles.